The minimum atomic E-state index is -3.78. The number of halogens is 2. The third kappa shape index (κ3) is 3.06. The van der Waals surface area contributed by atoms with Crippen LogP contribution in [0.3, 0.4) is 0 Å². The summed E-state index contributed by atoms with van der Waals surface area (Å²) in [6.45, 7) is 1.93. The molecule has 0 heterocycles. The summed E-state index contributed by atoms with van der Waals surface area (Å²) < 4.78 is 24.3. The summed E-state index contributed by atoms with van der Waals surface area (Å²) in [7, 11) is -3.78. The highest BCUT2D eigenvalue weighted by Gasteiger charge is 2.22. The Hall–Kier alpha value is -1.29. The van der Waals surface area contributed by atoms with E-state index in [9.17, 15) is 8.42 Å². The second kappa shape index (κ2) is 6.00. The molecular formula is C15H12Cl2O2S. The van der Waals surface area contributed by atoms with Gasteiger partial charge in [0.1, 0.15) is 0 Å². The van der Waals surface area contributed by atoms with Gasteiger partial charge >= 0.3 is 0 Å². The summed E-state index contributed by atoms with van der Waals surface area (Å²) >= 11 is 12.1. The number of rotatable bonds is 3. The molecule has 0 amide bonds. The first-order valence-electron chi connectivity index (χ1n) is 5.85. The zero-order valence-corrected chi connectivity index (χ0v) is 13.0. The van der Waals surface area contributed by atoms with Crippen molar-refractivity contribution in [3.63, 3.8) is 0 Å². The van der Waals surface area contributed by atoms with Gasteiger partial charge in [-0.2, -0.15) is 0 Å². The van der Waals surface area contributed by atoms with E-state index in [2.05, 4.69) is 0 Å². The lowest BCUT2D eigenvalue weighted by Crippen LogP contribution is -2.01. The minimum Gasteiger partial charge on any atom is -0.218 e. The summed E-state index contributed by atoms with van der Waals surface area (Å²) in [4.78, 5) is 0.121. The van der Waals surface area contributed by atoms with Crippen molar-refractivity contribution < 1.29 is 8.42 Å². The van der Waals surface area contributed by atoms with Crippen LogP contribution in [0.4, 0.5) is 0 Å². The van der Waals surface area contributed by atoms with Crippen molar-refractivity contribution in [2.75, 3.05) is 0 Å². The number of benzene rings is 2. The highest BCUT2D eigenvalue weighted by Crippen LogP contribution is 2.32. The molecule has 0 unspecified atom stereocenters. The number of aryl methyl sites for hydroxylation is 1. The van der Waals surface area contributed by atoms with Crippen LogP contribution in [0.2, 0.25) is 0 Å². The monoisotopic (exact) mass is 326 g/mol. The van der Waals surface area contributed by atoms with Gasteiger partial charge in [0.15, 0.2) is 4.36 Å². The summed E-state index contributed by atoms with van der Waals surface area (Å²) in [5.41, 5.74) is 1.63. The summed E-state index contributed by atoms with van der Waals surface area (Å²) in [5, 5.41) is 0.0236. The standard InChI is InChI=1S/C15H12Cl2O2S/c1-11-7-9-12(10-8-11)14(16)15(17)20(18,19)13-5-3-2-4-6-13/h2-10H,1H3/b15-14+. The molecule has 2 nitrogen and oxygen atoms in total. The molecule has 0 saturated heterocycles. The van der Waals surface area contributed by atoms with Crippen LogP contribution in [-0.2, 0) is 9.84 Å². The highest BCUT2D eigenvalue weighted by molar-refractivity contribution is 7.97. The normalized spacial score (nSPS) is 12.9. The molecule has 2 aromatic carbocycles. The summed E-state index contributed by atoms with van der Waals surface area (Å²) in [6.07, 6.45) is 0. The van der Waals surface area contributed by atoms with Crippen molar-refractivity contribution in [3.8, 4) is 0 Å². The van der Waals surface area contributed by atoms with Crippen molar-refractivity contribution in [1.29, 1.82) is 0 Å². The van der Waals surface area contributed by atoms with Crippen molar-refractivity contribution >= 4 is 38.1 Å². The Kier molecular flexibility index (Phi) is 4.53. The maximum Gasteiger partial charge on any atom is 0.218 e. The Labute approximate surface area is 128 Å². The van der Waals surface area contributed by atoms with Gasteiger partial charge in [-0.15, -0.1) is 0 Å². The topological polar surface area (TPSA) is 34.1 Å². The van der Waals surface area contributed by atoms with Gasteiger partial charge in [-0.25, -0.2) is 8.42 Å². The lowest BCUT2D eigenvalue weighted by atomic mass is 10.1. The molecule has 0 aliphatic carbocycles. The van der Waals surface area contributed by atoms with E-state index in [4.69, 9.17) is 23.2 Å². The average Bonchev–Trinajstić information content (AvgIpc) is 2.47. The molecule has 0 atom stereocenters. The summed E-state index contributed by atoms with van der Waals surface area (Å²) in [6, 6.07) is 15.1. The molecule has 0 radical (unpaired) electrons. The molecule has 0 N–H and O–H groups in total. The van der Waals surface area contributed by atoms with Crippen LogP contribution in [0.5, 0.6) is 0 Å². The molecule has 0 aromatic heterocycles. The van der Waals surface area contributed by atoms with E-state index in [1.54, 1.807) is 30.3 Å². The molecule has 0 saturated carbocycles. The first-order valence-corrected chi connectivity index (χ1v) is 8.09. The van der Waals surface area contributed by atoms with Gasteiger partial charge < -0.3 is 0 Å². The second-order valence-corrected chi connectivity index (χ2v) is 7.14. The van der Waals surface area contributed by atoms with Crippen LogP contribution in [0.25, 0.3) is 5.03 Å². The lowest BCUT2D eigenvalue weighted by molar-refractivity contribution is 0.604. The van der Waals surface area contributed by atoms with Gasteiger partial charge in [0.2, 0.25) is 9.84 Å². The average molecular weight is 327 g/mol. The molecule has 5 heteroatoms. The Morgan fingerprint density at radius 1 is 0.900 bits per heavy atom. The maximum absolute atomic E-state index is 12.3. The van der Waals surface area contributed by atoms with E-state index < -0.39 is 9.84 Å². The fourth-order valence-corrected chi connectivity index (χ4v) is 3.52. The predicted octanol–water partition coefficient (Wildman–Crippen LogP) is 4.57. The van der Waals surface area contributed by atoms with E-state index in [1.807, 2.05) is 19.1 Å². The SMILES string of the molecule is Cc1ccc(/C(Cl)=C(/Cl)S(=O)(=O)c2ccccc2)cc1. The first kappa shape index (κ1) is 15.1. The van der Waals surface area contributed by atoms with Crippen LogP contribution in [0.15, 0.2) is 63.9 Å². The van der Waals surface area contributed by atoms with Crippen molar-refractivity contribution in [1.82, 2.24) is 0 Å². The number of hydrogen-bond donors (Lipinski definition) is 0. The van der Waals surface area contributed by atoms with Crippen molar-refractivity contribution in [2.45, 2.75) is 11.8 Å². The third-order valence-electron chi connectivity index (χ3n) is 2.77. The summed E-state index contributed by atoms with van der Waals surface area (Å²) in [5.74, 6) is 0. The van der Waals surface area contributed by atoms with E-state index in [0.29, 0.717) is 5.56 Å². The van der Waals surface area contributed by atoms with E-state index in [1.165, 1.54) is 12.1 Å². The fourth-order valence-electron chi connectivity index (χ4n) is 1.63. The smallest absolute Gasteiger partial charge is 0.218 e. The van der Waals surface area contributed by atoms with E-state index in [0.717, 1.165) is 5.56 Å². The zero-order valence-electron chi connectivity index (χ0n) is 10.7. The lowest BCUT2D eigenvalue weighted by Gasteiger charge is -2.06. The molecule has 0 aliphatic rings. The minimum absolute atomic E-state index is 0.0236. The zero-order chi connectivity index (χ0) is 14.8. The van der Waals surface area contributed by atoms with Crippen LogP contribution >= 0.6 is 23.2 Å². The molecule has 2 rings (SSSR count). The van der Waals surface area contributed by atoms with Crippen LogP contribution < -0.4 is 0 Å². The van der Waals surface area contributed by atoms with Crippen molar-refractivity contribution in [3.05, 3.63) is 70.1 Å². The van der Waals surface area contributed by atoms with E-state index >= 15 is 0 Å². The number of sulfone groups is 1. The van der Waals surface area contributed by atoms with E-state index in [-0.39, 0.29) is 14.3 Å². The van der Waals surface area contributed by atoms with Gasteiger partial charge in [0, 0.05) is 0 Å². The molecule has 2 aromatic rings. The number of hydrogen-bond acceptors (Lipinski definition) is 2. The third-order valence-corrected chi connectivity index (χ3v) is 5.75. The Balaban J connectivity index is 2.51. The molecule has 0 aliphatic heterocycles. The van der Waals surface area contributed by atoms with Gasteiger partial charge in [-0.1, -0.05) is 71.2 Å². The fraction of sp³-hybridized carbons (Fsp3) is 0.0667. The van der Waals surface area contributed by atoms with Crippen molar-refractivity contribution in [2.24, 2.45) is 0 Å². The van der Waals surface area contributed by atoms with Gasteiger partial charge in [0.05, 0.1) is 9.93 Å². The molecule has 104 valence electrons. The highest BCUT2D eigenvalue weighted by atomic mass is 35.5. The molecule has 20 heavy (non-hydrogen) atoms. The Morgan fingerprint density at radius 3 is 2.00 bits per heavy atom. The van der Waals surface area contributed by atoms with Gasteiger partial charge in [-0.3, -0.25) is 0 Å². The van der Waals surface area contributed by atoms with Gasteiger partial charge in [0.25, 0.3) is 0 Å². The van der Waals surface area contributed by atoms with Crippen LogP contribution in [0, 0.1) is 6.92 Å². The molecule has 0 bridgehead atoms. The predicted molar refractivity (Wildman–Crippen MR) is 83.4 cm³/mol. The molecule has 0 spiro atoms. The van der Waals surface area contributed by atoms with Crippen LogP contribution in [0.1, 0.15) is 11.1 Å². The maximum atomic E-state index is 12.3. The molecular weight excluding hydrogens is 315 g/mol. The Morgan fingerprint density at radius 2 is 1.45 bits per heavy atom. The van der Waals surface area contributed by atoms with Gasteiger partial charge in [-0.05, 0) is 24.6 Å². The second-order valence-electron chi connectivity index (χ2n) is 4.27. The largest absolute Gasteiger partial charge is 0.218 e. The quantitative estimate of drug-likeness (QED) is 0.827. The van der Waals surface area contributed by atoms with Crippen LogP contribution in [-0.4, -0.2) is 8.42 Å². The first-order chi connectivity index (χ1) is 9.43. The Bertz CT molecular complexity index is 733. The molecule has 0 fully saturated rings.